The highest BCUT2D eigenvalue weighted by molar-refractivity contribution is 5.94. The Morgan fingerprint density at radius 3 is 1.27 bits per heavy atom. The van der Waals surface area contributed by atoms with Gasteiger partial charge in [-0.1, -0.05) is 55.4 Å². The zero-order valence-corrected chi connectivity index (χ0v) is 66.0. The van der Waals surface area contributed by atoms with Crippen molar-refractivity contribution in [2.24, 2.45) is 5.92 Å². The highest BCUT2D eigenvalue weighted by atomic mass is 19.4. The molecule has 0 bridgehead atoms. The summed E-state index contributed by atoms with van der Waals surface area (Å²) in [7, 11) is 0. The van der Waals surface area contributed by atoms with E-state index < -0.39 is 92.9 Å². The second-order valence-corrected chi connectivity index (χ2v) is 29.2. The Bertz CT molecular complexity index is 5410. The number of ether oxygens (including phenoxy) is 2. The quantitative estimate of drug-likeness (QED) is 0.0137. The van der Waals surface area contributed by atoms with Crippen LogP contribution in [0.2, 0.25) is 0 Å². The molecule has 37 nitrogen and oxygen atoms in total. The molecule has 117 heavy (non-hydrogen) atoms. The molecule has 0 spiro atoms. The number of aromatic nitrogens is 8. The summed E-state index contributed by atoms with van der Waals surface area (Å²) < 4.78 is 56.3. The first kappa shape index (κ1) is 89.8. The van der Waals surface area contributed by atoms with Crippen LogP contribution < -0.4 is 64.9 Å². The highest BCUT2D eigenvalue weighted by Crippen LogP contribution is 2.33. The molecule has 11 N–H and O–H groups in total. The van der Waals surface area contributed by atoms with Crippen molar-refractivity contribution >= 4 is 87.5 Å². The normalized spacial score (nSPS) is 11.2. The number of halogens is 3. The summed E-state index contributed by atoms with van der Waals surface area (Å²) in [5, 5.41) is 66.6. The van der Waals surface area contributed by atoms with Gasteiger partial charge in [-0.15, -0.1) is 0 Å². The van der Waals surface area contributed by atoms with Crippen molar-refractivity contribution in [1.29, 1.82) is 5.26 Å². The van der Waals surface area contributed by atoms with E-state index in [-0.39, 0.29) is 118 Å². The molecule has 4 aromatic heterocycles. The number of nitrogens with two attached hydrogens (primary N) is 1. The zero-order valence-electron chi connectivity index (χ0n) is 66.0. The number of benzene rings is 5. The van der Waals surface area contributed by atoms with Gasteiger partial charge in [0.25, 0.3) is 28.1 Å². The maximum absolute atomic E-state index is 13.4. The van der Waals surface area contributed by atoms with Gasteiger partial charge in [-0.3, -0.25) is 78.1 Å². The number of hydrogen-bond acceptors (Lipinski definition) is 26. The smallest absolute Gasteiger partial charge is 0.471 e. The highest BCUT2D eigenvalue weighted by Gasteiger charge is 2.39. The number of nitrogens with one attached hydrogen (secondary N) is 8. The second-order valence-electron chi connectivity index (χ2n) is 29.2. The lowest BCUT2D eigenvalue weighted by Crippen LogP contribution is -2.35. The van der Waals surface area contributed by atoms with Crippen LogP contribution >= 0.6 is 0 Å². The number of non-ortho nitro benzene ring substituents is 2. The molecule has 0 fully saturated rings. The third-order valence-electron chi connectivity index (χ3n) is 15.5. The van der Waals surface area contributed by atoms with Crippen LogP contribution in [-0.4, -0.2) is 119 Å². The van der Waals surface area contributed by atoms with Crippen LogP contribution in [0.3, 0.4) is 0 Å². The van der Waals surface area contributed by atoms with Crippen LogP contribution in [0, 0.1) is 37.5 Å². The lowest BCUT2D eigenvalue weighted by atomic mass is 10.1. The summed E-state index contributed by atoms with van der Waals surface area (Å²) in [5.41, 5.74) is 6.10. The fourth-order valence-electron chi connectivity index (χ4n) is 10.5. The number of nitrogens with zero attached hydrogens (tertiary/aromatic N) is 11. The number of carboxylic acid groups (broad SMARTS) is 1. The molecule has 0 radical (unpaired) electrons. The van der Waals surface area contributed by atoms with Crippen molar-refractivity contribution in [3.05, 3.63) is 196 Å². The summed E-state index contributed by atoms with van der Waals surface area (Å²) >= 11 is 0. The summed E-state index contributed by atoms with van der Waals surface area (Å²) in [6.45, 7) is 23.1. The number of carbonyl (C=O) groups excluding carboxylic acids is 5. The fraction of sp³-hybridized carbons (Fsp3) is 0.338. The number of carbonyl (C=O) groups is 6. The predicted molar refractivity (Wildman–Crippen MR) is 426 cm³/mol. The van der Waals surface area contributed by atoms with E-state index in [2.05, 4.69) is 72.1 Å². The Labute approximate surface area is 665 Å². The number of hydrogen-bond donors (Lipinski definition) is 10. The van der Waals surface area contributed by atoms with E-state index in [4.69, 9.17) is 20.5 Å². The first-order valence-electron chi connectivity index (χ1n) is 35.9. The standard InChI is InChI=1S/C29H31F3N8O4.C28H31N7O6.C20H25N5O7/c1-15(2)26(42)37-21-10-19(9-20(33)11-21)22-13-35-25(36-16(3)4)27(43)40(22)14-23(41)34-12-17-5-7-18(8-6-17)24-38-28(44-39-24)29(30,31)32;1-17(2)32-25-26(37)34(16-24(36)30-14-19-8-6-18(13-29)7-9-19)23(15-31-25)20-10-21(12-22(11-20)35(39)40)33-27(38)41-28(3,4)5;1-11(2)22-17-18(28)24(10-16(26)27)15(9-21-17)12-6-13(8-14(7-12)25(30)31)23-19(29)32-20(3,4)5/h5-11,13,15-16H,12,14,33H2,1-4H3,(H,34,41)(H,35,36)(H,37,42);6-12,15,17H,14,16H2,1-5H3,(H,30,36)(H,31,32)(H,33,38);6-9,11H,10H2,1-5H3,(H,21,22)(H,23,29)(H,26,27). The lowest BCUT2D eigenvalue weighted by Gasteiger charge is -2.20. The largest absolute Gasteiger partial charge is 0.480 e. The molecule has 0 aliphatic rings. The van der Waals surface area contributed by atoms with E-state index in [1.165, 1.54) is 53.5 Å². The molecule has 9 aromatic rings. The summed E-state index contributed by atoms with van der Waals surface area (Å²) in [4.78, 5) is 152. The number of alkyl halides is 3. The van der Waals surface area contributed by atoms with Gasteiger partial charge in [0, 0.05) is 95.0 Å². The van der Waals surface area contributed by atoms with Crippen molar-refractivity contribution < 1.29 is 70.9 Å². The van der Waals surface area contributed by atoms with Crippen molar-refractivity contribution in [1.82, 2.24) is 49.4 Å². The molecule has 0 aliphatic carbocycles. The number of nitro groups is 2. The molecule has 9 rings (SSSR count). The van der Waals surface area contributed by atoms with Crippen molar-refractivity contribution in [2.45, 2.75) is 165 Å². The van der Waals surface area contributed by atoms with Gasteiger partial charge in [-0.25, -0.2) is 24.5 Å². The van der Waals surface area contributed by atoms with Gasteiger partial charge < -0.3 is 56.7 Å². The van der Waals surface area contributed by atoms with Crippen molar-refractivity contribution in [2.75, 3.05) is 37.6 Å². The maximum Gasteiger partial charge on any atom is 0.471 e. The topological polar surface area (TPSA) is 517 Å². The van der Waals surface area contributed by atoms with Gasteiger partial charge in [-0.2, -0.15) is 23.4 Å². The number of carboxylic acids is 1. The Kier molecular flexibility index (Phi) is 29.8. The third kappa shape index (κ3) is 26.9. The predicted octanol–water partition coefficient (Wildman–Crippen LogP) is 11.5. The monoisotopic (exact) mass is 1620 g/mol. The minimum Gasteiger partial charge on any atom is -0.480 e. The molecular weight excluding hydrogens is 1530 g/mol. The maximum atomic E-state index is 13.4. The van der Waals surface area contributed by atoms with E-state index in [0.717, 1.165) is 32.9 Å². The first-order valence-corrected chi connectivity index (χ1v) is 35.9. The van der Waals surface area contributed by atoms with Crippen LogP contribution in [-0.2, 0) is 67.6 Å². The number of nitriles is 1. The van der Waals surface area contributed by atoms with E-state index in [1.807, 2.05) is 33.8 Å². The molecule has 4 heterocycles. The van der Waals surface area contributed by atoms with Gasteiger partial charge in [-0.05, 0) is 137 Å². The van der Waals surface area contributed by atoms with E-state index >= 15 is 0 Å². The van der Waals surface area contributed by atoms with Crippen LogP contribution in [0.4, 0.5) is 74.3 Å². The molecule has 618 valence electrons. The lowest BCUT2D eigenvalue weighted by molar-refractivity contribution is -0.384. The van der Waals surface area contributed by atoms with Crippen LogP contribution in [0.1, 0.15) is 120 Å². The van der Waals surface area contributed by atoms with Crippen LogP contribution in [0.15, 0.2) is 141 Å². The van der Waals surface area contributed by atoms with E-state index in [9.17, 15) is 81.7 Å². The minimum absolute atomic E-state index is 0.00109. The molecule has 0 aliphatic heterocycles. The average Bonchev–Trinajstić information content (AvgIpc) is 1.59. The van der Waals surface area contributed by atoms with Gasteiger partial charge in [0.2, 0.25) is 23.5 Å². The van der Waals surface area contributed by atoms with Crippen LogP contribution in [0.25, 0.3) is 45.2 Å². The summed E-state index contributed by atoms with van der Waals surface area (Å²) in [5.74, 6) is -4.45. The molecule has 0 saturated heterocycles. The van der Waals surface area contributed by atoms with E-state index in [0.29, 0.717) is 39.3 Å². The van der Waals surface area contributed by atoms with Crippen molar-refractivity contribution in [3.8, 4) is 51.2 Å². The molecule has 5 amide bonds. The number of amides is 5. The zero-order chi connectivity index (χ0) is 86.7. The average molecular weight is 1620 g/mol. The third-order valence-corrected chi connectivity index (χ3v) is 15.5. The molecule has 0 atom stereocenters. The number of aliphatic carboxylic acids is 1. The Morgan fingerprint density at radius 2 is 0.932 bits per heavy atom. The molecule has 0 unspecified atom stereocenters. The molecule has 40 heteroatoms. The van der Waals surface area contributed by atoms with Gasteiger partial charge >= 0.3 is 30.2 Å². The fourth-order valence-corrected chi connectivity index (χ4v) is 10.5. The van der Waals surface area contributed by atoms with E-state index in [1.54, 1.807) is 124 Å². The number of nitrogen functional groups attached to an aromatic ring is 1. The number of anilines is 7. The van der Waals surface area contributed by atoms with Crippen molar-refractivity contribution in [3.63, 3.8) is 0 Å². The first-order chi connectivity index (χ1) is 54.7. The van der Waals surface area contributed by atoms with Gasteiger partial charge in [0.15, 0.2) is 17.5 Å². The Morgan fingerprint density at radius 1 is 0.556 bits per heavy atom. The van der Waals surface area contributed by atoms with Gasteiger partial charge in [0.1, 0.15) is 30.8 Å². The SMILES string of the molecule is CC(C)Nc1ncc(-c2cc(N)cc(NC(=O)C(C)C)c2)n(CC(=O)NCc2ccc(-c3noc(C(F)(F)F)n3)cc2)c1=O.CC(C)Nc1ncc(-c2cc(NC(=O)OC(C)(C)C)cc([N+](=O)[O-])c2)n(CC(=O)NCc2ccc(C#N)cc2)c1=O.CC(C)Nc1ncc(-c2cc(NC(=O)OC(C)(C)C)cc([N+](=O)[O-])c2)n(CC(=O)O)c1=O. The summed E-state index contributed by atoms with van der Waals surface area (Å²) in [6.07, 6.45) is -2.39. The Balaban J connectivity index is 0.000000246. The summed E-state index contributed by atoms with van der Waals surface area (Å²) in [6, 6.07) is 26.7. The minimum atomic E-state index is -4.75. The molecule has 0 saturated carbocycles. The van der Waals surface area contributed by atoms with Gasteiger partial charge in [0.05, 0.1) is 68.5 Å². The number of rotatable bonds is 26. The molecular formula is C77H87F3N20O17. The Hall–Kier alpha value is -14.4. The van der Waals surface area contributed by atoms with Crippen LogP contribution in [0.5, 0.6) is 0 Å². The molecule has 5 aromatic carbocycles. The number of nitro benzene ring substituents is 2. The second kappa shape index (κ2) is 38.9.